The van der Waals surface area contributed by atoms with E-state index in [1.807, 2.05) is 6.92 Å². The van der Waals surface area contributed by atoms with Crippen molar-refractivity contribution >= 4 is 17.7 Å². The second-order valence-corrected chi connectivity index (χ2v) is 6.06. The maximum absolute atomic E-state index is 11.3. The van der Waals surface area contributed by atoms with Crippen LogP contribution in [0.25, 0.3) is 0 Å². The summed E-state index contributed by atoms with van der Waals surface area (Å²) < 4.78 is 0. The van der Waals surface area contributed by atoms with Crippen LogP contribution in [0.3, 0.4) is 0 Å². The second kappa shape index (κ2) is 6.34. The first-order valence-electron chi connectivity index (χ1n) is 6.20. The fourth-order valence-corrected chi connectivity index (χ4v) is 2.85. The first-order chi connectivity index (χ1) is 8.74. The zero-order valence-electron chi connectivity index (χ0n) is 11.7. The molecule has 0 amide bonds. The highest BCUT2D eigenvalue weighted by molar-refractivity contribution is 7.99. The van der Waals surface area contributed by atoms with Gasteiger partial charge in [0.25, 0.3) is 0 Å². The van der Waals surface area contributed by atoms with Gasteiger partial charge in [0.05, 0.1) is 11.3 Å². The maximum Gasteiger partial charge on any atom is 0.340 e. The van der Waals surface area contributed by atoms with Crippen molar-refractivity contribution in [2.24, 2.45) is 0 Å². The molecule has 0 aromatic carbocycles. The van der Waals surface area contributed by atoms with Gasteiger partial charge in [0, 0.05) is 12.2 Å². The Morgan fingerprint density at radius 3 is 2.47 bits per heavy atom. The van der Waals surface area contributed by atoms with Crippen molar-refractivity contribution in [1.29, 1.82) is 0 Å². The molecule has 6 heteroatoms. The second-order valence-electron chi connectivity index (χ2n) is 4.97. The number of aromatic nitrogens is 2. The standard InChI is InChI=1S/C13H20N2O3S/c1-5-9-14-8(2)10(12(16)17)11(15-9)19-7-6-13(3,4)18/h18H,5-7H2,1-4H3,(H,16,17). The molecule has 1 heterocycles. The number of aryl methyl sites for hydroxylation is 2. The lowest BCUT2D eigenvalue weighted by molar-refractivity contribution is 0.0690. The zero-order chi connectivity index (χ0) is 14.6. The third-order valence-corrected chi connectivity index (χ3v) is 3.56. The number of carbonyl (C=O) groups is 1. The van der Waals surface area contributed by atoms with Gasteiger partial charge in [-0.15, -0.1) is 11.8 Å². The summed E-state index contributed by atoms with van der Waals surface area (Å²) in [5, 5.41) is 19.4. The lowest BCUT2D eigenvalue weighted by Crippen LogP contribution is -2.19. The molecule has 1 aromatic heterocycles. The molecule has 0 spiro atoms. The topological polar surface area (TPSA) is 83.3 Å². The predicted molar refractivity (Wildman–Crippen MR) is 74.7 cm³/mol. The number of carboxylic acids is 1. The number of hydrogen-bond acceptors (Lipinski definition) is 5. The van der Waals surface area contributed by atoms with Crippen molar-refractivity contribution in [3.8, 4) is 0 Å². The van der Waals surface area contributed by atoms with E-state index in [1.54, 1.807) is 20.8 Å². The third-order valence-electron chi connectivity index (χ3n) is 2.59. The summed E-state index contributed by atoms with van der Waals surface area (Å²) in [4.78, 5) is 19.7. The molecule has 0 aliphatic carbocycles. The van der Waals surface area contributed by atoms with E-state index in [0.29, 0.717) is 35.1 Å². The van der Waals surface area contributed by atoms with Crippen molar-refractivity contribution in [1.82, 2.24) is 9.97 Å². The molecular formula is C13H20N2O3S. The summed E-state index contributed by atoms with van der Waals surface area (Å²) in [5.41, 5.74) is -0.102. The molecule has 19 heavy (non-hydrogen) atoms. The Balaban J connectivity index is 2.96. The Bertz CT molecular complexity index is 470. The Labute approximate surface area is 117 Å². The summed E-state index contributed by atoms with van der Waals surface area (Å²) in [6.07, 6.45) is 1.24. The number of aromatic carboxylic acids is 1. The summed E-state index contributed by atoms with van der Waals surface area (Å²) in [6.45, 7) is 7.08. The Hall–Kier alpha value is -1.14. The fourth-order valence-electron chi connectivity index (χ4n) is 1.51. The minimum absolute atomic E-state index is 0.165. The lowest BCUT2D eigenvalue weighted by Gasteiger charge is -2.16. The number of nitrogens with zero attached hydrogens (tertiary/aromatic N) is 2. The first kappa shape index (κ1) is 15.9. The van der Waals surface area contributed by atoms with Gasteiger partial charge in [-0.3, -0.25) is 0 Å². The van der Waals surface area contributed by atoms with Gasteiger partial charge in [-0.1, -0.05) is 6.92 Å². The van der Waals surface area contributed by atoms with Crippen molar-refractivity contribution in [2.45, 2.75) is 51.2 Å². The van der Waals surface area contributed by atoms with E-state index in [0.717, 1.165) is 0 Å². The number of carboxylic acid groups (broad SMARTS) is 1. The Morgan fingerprint density at radius 2 is 2.00 bits per heavy atom. The van der Waals surface area contributed by atoms with E-state index in [1.165, 1.54) is 11.8 Å². The van der Waals surface area contributed by atoms with Crippen molar-refractivity contribution in [3.05, 3.63) is 17.1 Å². The first-order valence-corrected chi connectivity index (χ1v) is 7.19. The van der Waals surface area contributed by atoms with E-state index < -0.39 is 11.6 Å². The molecule has 0 fully saturated rings. The largest absolute Gasteiger partial charge is 0.478 e. The van der Waals surface area contributed by atoms with Crippen molar-refractivity contribution < 1.29 is 15.0 Å². The molecular weight excluding hydrogens is 264 g/mol. The molecule has 0 bridgehead atoms. The number of hydrogen-bond donors (Lipinski definition) is 2. The summed E-state index contributed by atoms with van der Waals surface area (Å²) in [5.74, 6) is 0.253. The lowest BCUT2D eigenvalue weighted by atomic mass is 10.1. The highest BCUT2D eigenvalue weighted by Gasteiger charge is 2.19. The SMILES string of the molecule is CCc1nc(C)c(C(=O)O)c(SCCC(C)(C)O)n1. The van der Waals surface area contributed by atoms with Gasteiger partial charge in [0.15, 0.2) is 0 Å². The van der Waals surface area contributed by atoms with Crippen molar-refractivity contribution in [3.63, 3.8) is 0 Å². The molecule has 5 nitrogen and oxygen atoms in total. The highest BCUT2D eigenvalue weighted by Crippen LogP contribution is 2.25. The molecule has 106 valence electrons. The van der Waals surface area contributed by atoms with E-state index in [4.69, 9.17) is 0 Å². The van der Waals surface area contributed by atoms with Crippen LogP contribution in [0, 0.1) is 6.92 Å². The van der Waals surface area contributed by atoms with E-state index in [-0.39, 0.29) is 5.56 Å². The molecule has 0 aliphatic rings. The van der Waals surface area contributed by atoms with Crippen LogP contribution < -0.4 is 0 Å². The summed E-state index contributed by atoms with van der Waals surface area (Å²) >= 11 is 1.35. The summed E-state index contributed by atoms with van der Waals surface area (Å²) in [6, 6.07) is 0. The van der Waals surface area contributed by atoms with Crippen LogP contribution in [0.5, 0.6) is 0 Å². The van der Waals surface area contributed by atoms with Crippen LogP contribution in [0.1, 0.15) is 49.1 Å². The number of rotatable bonds is 6. The molecule has 1 rings (SSSR count). The molecule has 0 atom stereocenters. The molecule has 0 radical (unpaired) electrons. The van der Waals surface area contributed by atoms with Gasteiger partial charge in [0.1, 0.15) is 16.4 Å². The number of thioether (sulfide) groups is 1. The number of aliphatic hydroxyl groups is 1. The monoisotopic (exact) mass is 284 g/mol. The Morgan fingerprint density at radius 1 is 1.37 bits per heavy atom. The third kappa shape index (κ3) is 4.80. The molecule has 1 aromatic rings. The molecule has 0 unspecified atom stereocenters. The van der Waals surface area contributed by atoms with Crippen LogP contribution in [0.15, 0.2) is 5.03 Å². The van der Waals surface area contributed by atoms with Gasteiger partial charge >= 0.3 is 5.97 Å². The smallest absolute Gasteiger partial charge is 0.340 e. The predicted octanol–water partition coefficient (Wildman–Crippen LogP) is 2.30. The van der Waals surface area contributed by atoms with Crippen LogP contribution in [0.2, 0.25) is 0 Å². The van der Waals surface area contributed by atoms with E-state index in [9.17, 15) is 15.0 Å². The quantitative estimate of drug-likeness (QED) is 0.616. The Kier molecular flexibility index (Phi) is 5.31. The minimum Gasteiger partial charge on any atom is -0.478 e. The normalized spacial score (nSPS) is 11.6. The van der Waals surface area contributed by atoms with Crippen LogP contribution in [0.4, 0.5) is 0 Å². The van der Waals surface area contributed by atoms with Crippen LogP contribution >= 0.6 is 11.8 Å². The van der Waals surface area contributed by atoms with Gasteiger partial charge in [0.2, 0.25) is 0 Å². The summed E-state index contributed by atoms with van der Waals surface area (Å²) in [7, 11) is 0. The zero-order valence-corrected chi connectivity index (χ0v) is 12.5. The molecule has 0 saturated heterocycles. The van der Waals surface area contributed by atoms with Crippen LogP contribution in [-0.4, -0.2) is 37.5 Å². The minimum atomic E-state index is -1.01. The molecule has 0 saturated carbocycles. The average molecular weight is 284 g/mol. The van der Waals surface area contributed by atoms with Crippen molar-refractivity contribution in [2.75, 3.05) is 5.75 Å². The van der Waals surface area contributed by atoms with Gasteiger partial charge in [-0.25, -0.2) is 14.8 Å². The highest BCUT2D eigenvalue weighted by atomic mass is 32.2. The van der Waals surface area contributed by atoms with Crippen LogP contribution in [-0.2, 0) is 6.42 Å². The van der Waals surface area contributed by atoms with E-state index >= 15 is 0 Å². The van der Waals surface area contributed by atoms with Gasteiger partial charge in [-0.2, -0.15) is 0 Å². The van der Waals surface area contributed by atoms with Gasteiger partial charge < -0.3 is 10.2 Å². The average Bonchev–Trinajstić information content (AvgIpc) is 2.25. The fraction of sp³-hybridized carbons (Fsp3) is 0.615. The van der Waals surface area contributed by atoms with E-state index in [2.05, 4.69) is 9.97 Å². The molecule has 0 aliphatic heterocycles. The van der Waals surface area contributed by atoms with Gasteiger partial charge in [-0.05, 0) is 27.2 Å². The maximum atomic E-state index is 11.3. The molecule has 2 N–H and O–H groups in total.